The monoisotopic (exact) mass is 316 g/mol. The van der Waals surface area contributed by atoms with E-state index in [4.69, 9.17) is 0 Å². The Bertz CT molecular complexity index is 761. The van der Waals surface area contributed by atoms with Crippen LogP contribution < -0.4 is 15.8 Å². The predicted molar refractivity (Wildman–Crippen MR) is 83.4 cm³/mol. The topological polar surface area (TPSA) is 78.1 Å². The van der Waals surface area contributed by atoms with Crippen molar-refractivity contribution in [3.8, 4) is 0 Å². The van der Waals surface area contributed by atoms with Crippen LogP contribution in [0.1, 0.15) is 12.0 Å². The van der Waals surface area contributed by atoms with Gasteiger partial charge in [-0.1, -0.05) is 12.1 Å². The molecule has 23 heavy (non-hydrogen) atoms. The van der Waals surface area contributed by atoms with Gasteiger partial charge in [0.25, 0.3) is 5.56 Å². The van der Waals surface area contributed by atoms with Crippen molar-refractivity contribution < 1.29 is 9.18 Å². The molecule has 1 aliphatic rings. The minimum absolute atomic E-state index is 0.0606. The van der Waals surface area contributed by atoms with Crippen molar-refractivity contribution in [2.24, 2.45) is 5.92 Å². The number of carbonyl (C=O) groups excluding carboxylic acids is 1. The molecule has 1 unspecified atom stereocenters. The van der Waals surface area contributed by atoms with Gasteiger partial charge in [0.2, 0.25) is 5.91 Å². The van der Waals surface area contributed by atoms with Crippen LogP contribution in [-0.4, -0.2) is 29.2 Å². The third-order valence-electron chi connectivity index (χ3n) is 3.93. The highest BCUT2D eigenvalue weighted by atomic mass is 19.1. The maximum Gasteiger partial charge on any atom is 0.266 e. The minimum atomic E-state index is -0.314. The van der Waals surface area contributed by atoms with E-state index in [0.717, 1.165) is 5.56 Å². The van der Waals surface area contributed by atoms with Gasteiger partial charge in [-0.25, -0.2) is 9.49 Å². The molecule has 0 spiro atoms. The summed E-state index contributed by atoms with van der Waals surface area (Å²) in [4.78, 5) is 25.5. The maximum absolute atomic E-state index is 13.1. The summed E-state index contributed by atoms with van der Waals surface area (Å²) in [5.41, 5.74) is 1.18. The van der Waals surface area contributed by atoms with Crippen LogP contribution in [0.25, 0.3) is 0 Å². The van der Waals surface area contributed by atoms with E-state index in [1.807, 2.05) is 4.90 Å². The zero-order chi connectivity index (χ0) is 16.2. The number of carbonyl (C=O) groups is 1. The highest BCUT2D eigenvalue weighted by Crippen LogP contribution is 2.22. The number of aromatic amines is 1. The lowest BCUT2D eigenvalue weighted by atomic mass is 10.1. The summed E-state index contributed by atoms with van der Waals surface area (Å²) in [5, 5.41) is 8.93. The van der Waals surface area contributed by atoms with Crippen molar-refractivity contribution in [2.45, 2.75) is 13.0 Å². The lowest BCUT2D eigenvalue weighted by Crippen LogP contribution is -2.32. The second-order valence-electron chi connectivity index (χ2n) is 5.58. The molecular weight excluding hydrogens is 299 g/mol. The average Bonchev–Trinajstić information content (AvgIpc) is 3.03. The quantitative estimate of drug-likeness (QED) is 0.884. The molecule has 0 saturated carbocycles. The van der Waals surface area contributed by atoms with E-state index in [2.05, 4.69) is 15.5 Å². The molecule has 1 saturated heterocycles. The van der Waals surface area contributed by atoms with Gasteiger partial charge < -0.3 is 10.2 Å². The summed E-state index contributed by atoms with van der Waals surface area (Å²) in [6.45, 7) is 1.54. The molecule has 1 aromatic heterocycles. The van der Waals surface area contributed by atoms with E-state index in [0.29, 0.717) is 31.7 Å². The van der Waals surface area contributed by atoms with Gasteiger partial charge in [0.15, 0.2) is 0 Å². The summed E-state index contributed by atoms with van der Waals surface area (Å²) in [6, 6.07) is 7.64. The zero-order valence-electron chi connectivity index (χ0n) is 12.5. The fraction of sp³-hybridized carbons (Fsp3) is 0.312. The van der Waals surface area contributed by atoms with Gasteiger partial charge in [-0.2, -0.15) is 5.10 Å². The Kier molecular flexibility index (Phi) is 4.36. The molecule has 3 rings (SSSR count). The highest BCUT2D eigenvalue weighted by Gasteiger charge is 2.28. The normalized spacial score (nSPS) is 17.3. The summed E-state index contributed by atoms with van der Waals surface area (Å²) in [6.07, 6.45) is 2.29. The number of benzene rings is 1. The molecule has 1 aromatic carbocycles. The first-order valence-corrected chi connectivity index (χ1v) is 7.43. The molecular formula is C16H17FN4O2. The smallest absolute Gasteiger partial charge is 0.266 e. The van der Waals surface area contributed by atoms with Gasteiger partial charge in [-0.05, 0) is 24.1 Å². The number of nitrogens with one attached hydrogen (secondary N) is 2. The molecule has 2 heterocycles. The van der Waals surface area contributed by atoms with E-state index in [1.165, 1.54) is 18.2 Å². The van der Waals surface area contributed by atoms with Gasteiger partial charge >= 0.3 is 0 Å². The first-order chi connectivity index (χ1) is 11.1. The molecule has 120 valence electrons. The van der Waals surface area contributed by atoms with E-state index in [9.17, 15) is 14.0 Å². The predicted octanol–water partition coefficient (Wildman–Crippen LogP) is 1.05. The van der Waals surface area contributed by atoms with Crippen LogP contribution in [0, 0.1) is 11.7 Å². The van der Waals surface area contributed by atoms with Crippen LogP contribution >= 0.6 is 0 Å². The Morgan fingerprint density at radius 3 is 3.09 bits per heavy atom. The second-order valence-corrected chi connectivity index (χ2v) is 5.58. The van der Waals surface area contributed by atoms with Crippen molar-refractivity contribution in [2.75, 3.05) is 18.0 Å². The Hall–Kier alpha value is -2.70. The van der Waals surface area contributed by atoms with Crippen LogP contribution in [0.3, 0.4) is 0 Å². The van der Waals surface area contributed by atoms with E-state index < -0.39 is 0 Å². The number of halogens is 1. The molecule has 0 aliphatic carbocycles. The molecule has 1 amide bonds. The SMILES string of the molecule is O=C(NCc1cccc(F)c1)C1CCN(c2cn[nH]c(=O)c2)C1. The number of hydrogen-bond donors (Lipinski definition) is 2. The van der Waals surface area contributed by atoms with Crippen molar-refractivity contribution in [3.63, 3.8) is 0 Å². The lowest BCUT2D eigenvalue weighted by Gasteiger charge is -2.17. The van der Waals surface area contributed by atoms with Crippen molar-refractivity contribution in [1.82, 2.24) is 15.5 Å². The van der Waals surface area contributed by atoms with Crippen LogP contribution in [0.4, 0.5) is 10.1 Å². The third-order valence-corrected chi connectivity index (χ3v) is 3.93. The Morgan fingerprint density at radius 1 is 1.43 bits per heavy atom. The largest absolute Gasteiger partial charge is 0.369 e. The number of rotatable bonds is 4. The van der Waals surface area contributed by atoms with Crippen molar-refractivity contribution in [3.05, 3.63) is 58.3 Å². The highest BCUT2D eigenvalue weighted by molar-refractivity contribution is 5.80. The van der Waals surface area contributed by atoms with E-state index >= 15 is 0 Å². The van der Waals surface area contributed by atoms with Gasteiger partial charge in [-0.15, -0.1) is 0 Å². The Morgan fingerprint density at radius 2 is 2.30 bits per heavy atom. The Labute approximate surface area is 132 Å². The van der Waals surface area contributed by atoms with Gasteiger partial charge in [-0.3, -0.25) is 9.59 Å². The van der Waals surface area contributed by atoms with E-state index in [-0.39, 0.29) is 23.2 Å². The third kappa shape index (κ3) is 3.74. The molecule has 2 N–H and O–H groups in total. The number of anilines is 1. The zero-order valence-corrected chi connectivity index (χ0v) is 12.5. The maximum atomic E-state index is 13.1. The number of nitrogens with zero attached hydrogens (tertiary/aromatic N) is 2. The standard InChI is InChI=1S/C16H17FN4O2/c17-13-3-1-2-11(6-13)8-18-16(23)12-4-5-21(10-12)14-7-15(22)20-19-9-14/h1-3,6-7,9,12H,4-5,8,10H2,(H,18,23)(H,20,22). The van der Waals surface area contributed by atoms with Gasteiger partial charge in [0, 0.05) is 25.7 Å². The number of hydrogen-bond acceptors (Lipinski definition) is 4. The fourth-order valence-electron chi connectivity index (χ4n) is 2.73. The fourth-order valence-corrected chi connectivity index (χ4v) is 2.73. The number of amides is 1. The van der Waals surface area contributed by atoms with E-state index in [1.54, 1.807) is 18.3 Å². The molecule has 2 aromatic rings. The second kappa shape index (κ2) is 6.60. The molecule has 1 aliphatic heterocycles. The summed E-state index contributed by atoms with van der Waals surface area (Å²) in [7, 11) is 0. The lowest BCUT2D eigenvalue weighted by molar-refractivity contribution is -0.124. The van der Waals surface area contributed by atoms with Crippen LogP contribution in [-0.2, 0) is 11.3 Å². The Balaban J connectivity index is 1.56. The first-order valence-electron chi connectivity index (χ1n) is 7.43. The van der Waals surface area contributed by atoms with Crippen LogP contribution in [0.15, 0.2) is 41.3 Å². The summed E-state index contributed by atoms with van der Waals surface area (Å²) >= 11 is 0. The van der Waals surface area contributed by atoms with Crippen molar-refractivity contribution >= 4 is 11.6 Å². The molecule has 7 heteroatoms. The summed E-state index contributed by atoms with van der Waals surface area (Å²) in [5.74, 6) is -0.525. The summed E-state index contributed by atoms with van der Waals surface area (Å²) < 4.78 is 13.1. The molecule has 1 fully saturated rings. The van der Waals surface area contributed by atoms with Crippen LogP contribution in [0.5, 0.6) is 0 Å². The number of aromatic nitrogens is 2. The molecule has 6 nitrogen and oxygen atoms in total. The molecule has 1 atom stereocenters. The first kappa shape index (κ1) is 15.2. The molecule has 0 radical (unpaired) electrons. The van der Waals surface area contributed by atoms with Gasteiger partial charge in [0.05, 0.1) is 17.8 Å². The number of H-pyrrole nitrogens is 1. The van der Waals surface area contributed by atoms with Crippen molar-refractivity contribution in [1.29, 1.82) is 0 Å². The molecule has 0 bridgehead atoms. The van der Waals surface area contributed by atoms with Gasteiger partial charge in [0.1, 0.15) is 5.82 Å². The minimum Gasteiger partial charge on any atom is -0.369 e. The average molecular weight is 316 g/mol. The van der Waals surface area contributed by atoms with Crippen LogP contribution in [0.2, 0.25) is 0 Å².